The number of rotatable bonds is 4. The number of aryl methyl sites for hydroxylation is 1. The summed E-state index contributed by atoms with van der Waals surface area (Å²) in [6.07, 6.45) is 6.77. The van der Waals surface area contributed by atoms with Crippen molar-refractivity contribution >= 4 is 17.7 Å². The van der Waals surface area contributed by atoms with Crippen molar-refractivity contribution in [2.75, 3.05) is 18.6 Å². The highest BCUT2D eigenvalue weighted by Crippen LogP contribution is 2.21. The number of likely N-dealkylation sites (N-methyl/N-ethyl adjacent to an activating group) is 1. The summed E-state index contributed by atoms with van der Waals surface area (Å²) in [6, 6.07) is 0.423. The quantitative estimate of drug-likeness (QED) is 0.835. The summed E-state index contributed by atoms with van der Waals surface area (Å²) in [5.74, 6) is 3.52. The van der Waals surface area contributed by atoms with Crippen LogP contribution >= 0.6 is 11.8 Å². The summed E-state index contributed by atoms with van der Waals surface area (Å²) in [5.41, 5.74) is 0. The Morgan fingerprint density at radius 2 is 2.28 bits per heavy atom. The average molecular weight is 267 g/mol. The van der Waals surface area contributed by atoms with Crippen molar-refractivity contribution in [2.45, 2.75) is 38.8 Å². The van der Waals surface area contributed by atoms with Gasteiger partial charge in [0.25, 0.3) is 0 Å². The van der Waals surface area contributed by atoms with Gasteiger partial charge in [-0.1, -0.05) is 6.92 Å². The van der Waals surface area contributed by atoms with Gasteiger partial charge in [0.1, 0.15) is 12.4 Å². The van der Waals surface area contributed by atoms with Crippen LogP contribution in [0.5, 0.6) is 0 Å². The van der Waals surface area contributed by atoms with E-state index in [9.17, 15) is 4.79 Å². The molecule has 0 atom stereocenters. The van der Waals surface area contributed by atoms with Gasteiger partial charge in [0.05, 0.1) is 0 Å². The zero-order valence-electron chi connectivity index (χ0n) is 11.1. The molecule has 4 nitrogen and oxygen atoms in total. The summed E-state index contributed by atoms with van der Waals surface area (Å²) in [5, 5.41) is 0. The smallest absolute Gasteiger partial charge is 0.242 e. The summed E-state index contributed by atoms with van der Waals surface area (Å²) in [4.78, 5) is 18.4. The Kier molecular flexibility index (Phi) is 4.69. The third kappa shape index (κ3) is 3.07. The average Bonchev–Trinajstić information content (AvgIpc) is 2.86. The molecule has 0 unspecified atom stereocenters. The normalized spacial score (nSPS) is 16.8. The van der Waals surface area contributed by atoms with Crippen LogP contribution in [0.3, 0.4) is 0 Å². The number of aromatic nitrogens is 2. The van der Waals surface area contributed by atoms with Crippen LogP contribution in [0.1, 0.15) is 25.6 Å². The van der Waals surface area contributed by atoms with E-state index in [1.54, 1.807) is 6.20 Å². The van der Waals surface area contributed by atoms with Crippen LogP contribution < -0.4 is 0 Å². The lowest BCUT2D eigenvalue weighted by Gasteiger charge is -2.31. The molecule has 18 heavy (non-hydrogen) atoms. The lowest BCUT2D eigenvalue weighted by Crippen LogP contribution is -2.41. The molecule has 2 heterocycles. The van der Waals surface area contributed by atoms with Crippen molar-refractivity contribution in [2.24, 2.45) is 0 Å². The Labute approximate surface area is 113 Å². The van der Waals surface area contributed by atoms with Crippen molar-refractivity contribution in [1.29, 1.82) is 0 Å². The van der Waals surface area contributed by atoms with Crippen molar-refractivity contribution in [3.63, 3.8) is 0 Å². The highest BCUT2D eigenvalue weighted by atomic mass is 32.2. The van der Waals surface area contributed by atoms with E-state index in [1.165, 1.54) is 11.5 Å². The fraction of sp³-hybridized carbons (Fsp3) is 0.692. The van der Waals surface area contributed by atoms with Gasteiger partial charge in [-0.2, -0.15) is 11.8 Å². The van der Waals surface area contributed by atoms with Crippen LogP contribution in [0.4, 0.5) is 0 Å². The maximum absolute atomic E-state index is 12.2. The Balaban J connectivity index is 1.94. The predicted molar refractivity (Wildman–Crippen MR) is 74.7 cm³/mol. The molecule has 0 saturated carbocycles. The minimum atomic E-state index is 0.194. The van der Waals surface area contributed by atoms with Crippen molar-refractivity contribution in [3.8, 4) is 0 Å². The molecule has 0 bridgehead atoms. The first-order chi connectivity index (χ1) is 8.72. The Morgan fingerprint density at radius 3 is 2.94 bits per heavy atom. The van der Waals surface area contributed by atoms with Crippen LogP contribution in [0, 0.1) is 0 Å². The van der Waals surface area contributed by atoms with Gasteiger partial charge < -0.3 is 9.47 Å². The molecule has 100 valence electrons. The van der Waals surface area contributed by atoms with Crippen LogP contribution in [0.2, 0.25) is 0 Å². The standard InChI is InChI=1S/C13H21N3OS/c1-3-12-14-6-7-16(12)10-13(17)15(2)11-4-8-18-9-5-11/h6-7,11H,3-5,8-10H2,1-2H3. The molecule has 1 aromatic rings. The Bertz CT molecular complexity index is 399. The van der Waals surface area contributed by atoms with Crippen molar-refractivity contribution < 1.29 is 4.79 Å². The largest absolute Gasteiger partial charge is 0.341 e. The second kappa shape index (κ2) is 6.27. The number of nitrogens with zero attached hydrogens (tertiary/aromatic N) is 3. The summed E-state index contributed by atoms with van der Waals surface area (Å²) >= 11 is 1.99. The van der Waals surface area contributed by atoms with Gasteiger partial charge in [-0.3, -0.25) is 4.79 Å². The molecule has 1 amide bonds. The number of amides is 1. The number of hydrogen-bond donors (Lipinski definition) is 0. The van der Waals surface area contributed by atoms with Gasteiger partial charge >= 0.3 is 0 Å². The minimum Gasteiger partial charge on any atom is -0.341 e. The number of hydrogen-bond acceptors (Lipinski definition) is 3. The molecule has 1 aromatic heterocycles. The summed E-state index contributed by atoms with van der Waals surface area (Å²) in [6.45, 7) is 2.48. The summed E-state index contributed by atoms with van der Waals surface area (Å²) < 4.78 is 1.95. The topological polar surface area (TPSA) is 38.1 Å². The molecule has 1 saturated heterocycles. The third-order valence-corrected chi connectivity index (χ3v) is 4.60. The van der Waals surface area contributed by atoms with E-state index in [-0.39, 0.29) is 5.91 Å². The Morgan fingerprint density at radius 1 is 1.56 bits per heavy atom. The lowest BCUT2D eigenvalue weighted by molar-refractivity contribution is -0.132. The first kappa shape index (κ1) is 13.5. The number of carbonyl (C=O) groups excluding carboxylic acids is 1. The van der Waals surface area contributed by atoms with Crippen LogP contribution in [-0.2, 0) is 17.8 Å². The molecule has 1 aliphatic heterocycles. The van der Waals surface area contributed by atoms with E-state index in [4.69, 9.17) is 0 Å². The molecule has 1 fully saturated rings. The fourth-order valence-corrected chi connectivity index (χ4v) is 3.41. The number of thioether (sulfide) groups is 1. The predicted octanol–water partition coefficient (Wildman–Crippen LogP) is 1.80. The van der Waals surface area contributed by atoms with Crippen LogP contribution in [-0.4, -0.2) is 45.0 Å². The second-order valence-corrected chi connectivity index (χ2v) is 5.90. The Hall–Kier alpha value is -0.970. The zero-order chi connectivity index (χ0) is 13.0. The third-order valence-electron chi connectivity index (χ3n) is 3.56. The first-order valence-electron chi connectivity index (χ1n) is 6.55. The molecule has 0 radical (unpaired) electrons. The van der Waals surface area contributed by atoms with Crippen LogP contribution in [0.25, 0.3) is 0 Å². The maximum atomic E-state index is 12.2. The van der Waals surface area contributed by atoms with Gasteiger partial charge in [-0.05, 0) is 24.3 Å². The van der Waals surface area contributed by atoms with E-state index >= 15 is 0 Å². The maximum Gasteiger partial charge on any atom is 0.242 e. The van der Waals surface area contributed by atoms with Crippen LogP contribution in [0.15, 0.2) is 12.4 Å². The molecule has 0 aliphatic carbocycles. The van der Waals surface area contributed by atoms with E-state index < -0.39 is 0 Å². The molecule has 2 rings (SSSR count). The molecule has 0 aromatic carbocycles. The van der Waals surface area contributed by atoms with E-state index in [2.05, 4.69) is 11.9 Å². The highest BCUT2D eigenvalue weighted by Gasteiger charge is 2.22. The second-order valence-electron chi connectivity index (χ2n) is 4.67. The molecule has 5 heteroatoms. The summed E-state index contributed by atoms with van der Waals surface area (Å²) in [7, 11) is 1.94. The lowest BCUT2D eigenvalue weighted by atomic mass is 10.1. The van der Waals surface area contributed by atoms with Gasteiger partial charge in [-0.25, -0.2) is 4.98 Å². The number of imidazole rings is 1. The van der Waals surface area contributed by atoms with Crippen molar-refractivity contribution in [1.82, 2.24) is 14.5 Å². The van der Waals surface area contributed by atoms with Crippen molar-refractivity contribution in [3.05, 3.63) is 18.2 Å². The van der Waals surface area contributed by atoms with E-state index in [1.807, 2.05) is 34.5 Å². The fourth-order valence-electron chi connectivity index (χ4n) is 2.33. The minimum absolute atomic E-state index is 0.194. The zero-order valence-corrected chi connectivity index (χ0v) is 11.9. The SMILES string of the molecule is CCc1nccn1CC(=O)N(C)C1CCSCC1. The van der Waals surface area contributed by atoms with E-state index in [0.717, 1.165) is 25.1 Å². The number of carbonyl (C=O) groups is 1. The monoisotopic (exact) mass is 267 g/mol. The van der Waals surface area contributed by atoms with Gasteiger partial charge in [-0.15, -0.1) is 0 Å². The molecule has 0 N–H and O–H groups in total. The highest BCUT2D eigenvalue weighted by molar-refractivity contribution is 7.99. The molecular weight excluding hydrogens is 246 g/mol. The molecule has 1 aliphatic rings. The van der Waals surface area contributed by atoms with Gasteiger partial charge in [0.15, 0.2) is 0 Å². The van der Waals surface area contributed by atoms with Gasteiger partial charge in [0.2, 0.25) is 5.91 Å². The molecule has 0 spiro atoms. The van der Waals surface area contributed by atoms with E-state index in [0.29, 0.717) is 12.6 Å². The molecular formula is C13H21N3OS. The van der Waals surface area contributed by atoms with Gasteiger partial charge in [0, 0.05) is 31.9 Å². The first-order valence-corrected chi connectivity index (χ1v) is 7.71.